The molecule has 2 atom stereocenters. The number of likely N-dealkylation sites (tertiary alicyclic amines) is 1. The van der Waals surface area contributed by atoms with E-state index >= 15 is 0 Å². The minimum atomic E-state index is 0.0190. The van der Waals surface area contributed by atoms with Crippen LogP contribution in [0.1, 0.15) is 55.6 Å². The average Bonchev–Trinajstić information content (AvgIpc) is 3.03. The first-order chi connectivity index (χ1) is 12.7. The minimum Gasteiger partial charge on any atom is -0.334 e. The maximum Gasteiger partial charge on any atom is 0.274 e. The van der Waals surface area contributed by atoms with Crippen molar-refractivity contribution in [2.75, 3.05) is 11.4 Å². The van der Waals surface area contributed by atoms with Crippen LogP contribution < -0.4 is 4.90 Å². The van der Waals surface area contributed by atoms with Crippen molar-refractivity contribution in [1.29, 1.82) is 0 Å². The van der Waals surface area contributed by atoms with Crippen LogP contribution in [0.25, 0.3) is 0 Å². The fraction of sp³-hybridized carbons (Fsp3) is 0.476. The third-order valence-electron chi connectivity index (χ3n) is 5.67. The van der Waals surface area contributed by atoms with Crippen LogP contribution in [0.3, 0.4) is 0 Å². The van der Waals surface area contributed by atoms with Gasteiger partial charge in [0.15, 0.2) is 5.82 Å². The standard InChI is InChI=1S/C21H26N4O/c1-3-17-9-6-7-11-24(17)21(26)18-13-23-20(14-22-18)25-15(2)12-16-8-4-5-10-19(16)25/h4-5,8,10,13-15,17H,3,6-7,9,11-12H2,1-2H3. The second kappa shape index (κ2) is 7.06. The number of carbonyl (C=O) groups excluding carboxylic acids is 1. The lowest BCUT2D eigenvalue weighted by molar-refractivity contribution is 0.0601. The van der Waals surface area contributed by atoms with E-state index < -0.39 is 0 Å². The van der Waals surface area contributed by atoms with Gasteiger partial charge in [0.2, 0.25) is 0 Å². The van der Waals surface area contributed by atoms with Gasteiger partial charge in [-0.05, 0) is 50.7 Å². The van der Waals surface area contributed by atoms with E-state index in [1.165, 1.54) is 17.7 Å². The van der Waals surface area contributed by atoms with Crippen molar-refractivity contribution in [3.63, 3.8) is 0 Å². The molecule has 136 valence electrons. The molecule has 0 saturated carbocycles. The first kappa shape index (κ1) is 17.0. The predicted molar refractivity (Wildman–Crippen MR) is 103 cm³/mol. The van der Waals surface area contributed by atoms with E-state index in [-0.39, 0.29) is 5.91 Å². The van der Waals surface area contributed by atoms with Crippen LogP contribution in [0.4, 0.5) is 11.5 Å². The van der Waals surface area contributed by atoms with E-state index in [9.17, 15) is 4.79 Å². The molecule has 0 N–H and O–H groups in total. The summed E-state index contributed by atoms with van der Waals surface area (Å²) in [6.07, 6.45) is 8.78. The van der Waals surface area contributed by atoms with Crippen molar-refractivity contribution in [2.24, 2.45) is 0 Å². The van der Waals surface area contributed by atoms with Gasteiger partial charge in [-0.15, -0.1) is 0 Å². The molecule has 4 rings (SSSR count). The zero-order chi connectivity index (χ0) is 18.1. The van der Waals surface area contributed by atoms with Gasteiger partial charge < -0.3 is 9.80 Å². The molecule has 1 fully saturated rings. The fourth-order valence-corrected chi connectivity index (χ4v) is 4.31. The van der Waals surface area contributed by atoms with E-state index in [4.69, 9.17) is 0 Å². The number of anilines is 2. The minimum absolute atomic E-state index is 0.0190. The molecular formula is C21H26N4O. The van der Waals surface area contributed by atoms with E-state index in [1.807, 2.05) is 4.90 Å². The van der Waals surface area contributed by atoms with Crippen molar-refractivity contribution in [2.45, 2.75) is 58.0 Å². The fourth-order valence-electron chi connectivity index (χ4n) is 4.31. The van der Waals surface area contributed by atoms with Crippen LogP contribution in [0.2, 0.25) is 0 Å². The van der Waals surface area contributed by atoms with E-state index in [0.29, 0.717) is 17.8 Å². The molecule has 0 bridgehead atoms. The number of aromatic nitrogens is 2. The molecule has 2 aromatic rings. The monoisotopic (exact) mass is 350 g/mol. The molecular weight excluding hydrogens is 324 g/mol. The topological polar surface area (TPSA) is 49.3 Å². The van der Waals surface area contributed by atoms with E-state index in [1.54, 1.807) is 12.4 Å². The van der Waals surface area contributed by atoms with Gasteiger partial charge in [0.25, 0.3) is 5.91 Å². The highest BCUT2D eigenvalue weighted by Crippen LogP contribution is 2.36. The lowest BCUT2D eigenvalue weighted by atomic mass is 10.00. The highest BCUT2D eigenvalue weighted by Gasteiger charge is 2.29. The molecule has 26 heavy (non-hydrogen) atoms. The second-order valence-electron chi connectivity index (χ2n) is 7.37. The number of hydrogen-bond acceptors (Lipinski definition) is 4. The van der Waals surface area contributed by atoms with Gasteiger partial charge in [-0.25, -0.2) is 9.97 Å². The summed E-state index contributed by atoms with van der Waals surface area (Å²) >= 11 is 0. The van der Waals surface area contributed by atoms with Gasteiger partial charge in [-0.3, -0.25) is 4.79 Å². The molecule has 2 aliphatic rings. The highest BCUT2D eigenvalue weighted by atomic mass is 16.2. The maximum absolute atomic E-state index is 12.9. The number of amides is 1. The Hall–Kier alpha value is -2.43. The predicted octanol–water partition coefficient (Wildman–Crippen LogP) is 3.96. The lowest BCUT2D eigenvalue weighted by Gasteiger charge is -2.35. The largest absolute Gasteiger partial charge is 0.334 e. The molecule has 1 saturated heterocycles. The molecule has 5 heteroatoms. The number of fused-ring (bicyclic) bond motifs is 1. The zero-order valence-electron chi connectivity index (χ0n) is 15.6. The zero-order valence-corrected chi connectivity index (χ0v) is 15.6. The molecule has 3 heterocycles. The normalized spacial score (nSPS) is 22.4. The molecule has 2 aliphatic heterocycles. The number of nitrogens with zero attached hydrogens (tertiary/aromatic N) is 4. The molecule has 2 unspecified atom stereocenters. The first-order valence-electron chi connectivity index (χ1n) is 9.69. The number of rotatable bonds is 3. The average molecular weight is 350 g/mol. The smallest absolute Gasteiger partial charge is 0.274 e. The first-order valence-corrected chi connectivity index (χ1v) is 9.69. The Morgan fingerprint density at radius 1 is 1.19 bits per heavy atom. The summed E-state index contributed by atoms with van der Waals surface area (Å²) in [5.74, 6) is 0.829. The summed E-state index contributed by atoms with van der Waals surface area (Å²) in [7, 11) is 0. The third-order valence-corrected chi connectivity index (χ3v) is 5.67. The van der Waals surface area contributed by atoms with E-state index in [2.05, 4.69) is 53.0 Å². The molecule has 1 aromatic heterocycles. The number of para-hydroxylation sites is 1. The van der Waals surface area contributed by atoms with Crippen molar-refractivity contribution in [3.05, 3.63) is 47.9 Å². The Bertz CT molecular complexity index is 789. The van der Waals surface area contributed by atoms with Crippen LogP contribution in [-0.2, 0) is 6.42 Å². The van der Waals surface area contributed by atoms with Gasteiger partial charge in [-0.1, -0.05) is 25.1 Å². The van der Waals surface area contributed by atoms with E-state index in [0.717, 1.165) is 38.0 Å². The Balaban J connectivity index is 1.56. The van der Waals surface area contributed by atoms with Crippen LogP contribution in [0.15, 0.2) is 36.7 Å². The lowest BCUT2D eigenvalue weighted by Crippen LogP contribution is -2.43. The molecule has 0 spiro atoms. The second-order valence-corrected chi connectivity index (χ2v) is 7.37. The summed E-state index contributed by atoms with van der Waals surface area (Å²) in [5.41, 5.74) is 2.98. The third kappa shape index (κ3) is 2.96. The number of benzene rings is 1. The highest BCUT2D eigenvalue weighted by molar-refractivity contribution is 5.92. The van der Waals surface area contributed by atoms with Gasteiger partial charge in [-0.2, -0.15) is 0 Å². The van der Waals surface area contributed by atoms with Crippen molar-refractivity contribution in [3.8, 4) is 0 Å². The Morgan fingerprint density at radius 3 is 2.81 bits per heavy atom. The van der Waals surface area contributed by atoms with Crippen LogP contribution in [0, 0.1) is 0 Å². The van der Waals surface area contributed by atoms with Gasteiger partial charge in [0.05, 0.1) is 12.4 Å². The Kier molecular flexibility index (Phi) is 4.62. The summed E-state index contributed by atoms with van der Waals surface area (Å²) in [6, 6.07) is 9.09. The van der Waals surface area contributed by atoms with Crippen molar-refractivity contribution >= 4 is 17.4 Å². The van der Waals surface area contributed by atoms with Crippen LogP contribution >= 0.6 is 0 Å². The van der Waals surface area contributed by atoms with Crippen molar-refractivity contribution in [1.82, 2.24) is 14.9 Å². The van der Waals surface area contributed by atoms with Gasteiger partial charge in [0, 0.05) is 24.3 Å². The number of piperidine rings is 1. The molecule has 5 nitrogen and oxygen atoms in total. The number of carbonyl (C=O) groups is 1. The molecule has 0 aliphatic carbocycles. The van der Waals surface area contributed by atoms with Gasteiger partial charge >= 0.3 is 0 Å². The summed E-state index contributed by atoms with van der Waals surface area (Å²) in [6.45, 7) is 5.18. The molecule has 0 radical (unpaired) electrons. The van der Waals surface area contributed by atoms with Crippen LogP contribution in [-0.4, -0.2) is 39.4 Å². The Labute approximate surface area is 155 Å². The quantitative estimate of drug-likeness (QED) is 0.841. The molecule has 1 aromatic carbocycles. The Morgan fingerprint density at radius 2 is 2.04 bits per heavy atom. The SMILES string of the molecule is CCC1CCCCN1C(=O)c1cnc(N2c3ccccc3CC2C)cn1. The van der Waals surface area contributed by atoms with Crippen LogP contribution in [0.5, 0.6) is 0 Å². The molecule has 1 amide bonds. The summed E-state index contributed by atoms with van der Waals surface area (Å²) < 4.78 is 0. The maximum atomic E-state index is 12.9. The summed E-state index contributed by atoms with van der Waals surface area (Å²) in [4.78, 5) is 26.1. The summed E-state index contributed by atoms with van der Waals surface area (Å²) in [5, 5.41) is 0. The van der Waals surface area contributed by atoms with Gasteiger partial charge in [0.1, 0.15) is 5.69 Å². The van der Waals surface area contributed by atoms with Crippen molar-refractivity contribution < 1.29 is 4.79 Å². The number of hydrogen-bond donors (Lipinski definition) is 0.